The second-order valence-electron chi connectivity index (χ2n) is 6.60. The molecule has 2 aliphatic heterocycles. The van der Waals surface area contributed by atoms with E-state index in [1.165, 1.54) is 6.42 Å². The minimum absolute atomic E-state index is 0.323. The van der Waals surface area contributed by atoms with Crippen molar-refractivity contribution in [2.24, 2.45) is 10.4 Å². The fourth-order valence-electron chi connectivity index (χ4n) is 3.54. The van der Waals surface area contributed by atoms with Gasteiger partial charge in [-0.1, -0.05) is 11.6 Å². The van der Waals surface area contributed by atoms with Gasteiger partial charge in [-0.25, -0.2) is 4.99 Å². The monoisotopic (exact) mass is 351 g/mol. The number of rotatable bonds is 4. The minimum Gasteiger partial charge on any atom is -0.496 e. The van der Waals surface area contributed by atoms with Gasteiger partial charge in [-0.3, -0.25) is 0 Å². The zero-order chi connectivity index (χ0) is 17.0. The lowest BCUT2D eigenvalue weighted by atomic mass is 9.87. The highest BCUT2D eigenvalue weighted by Crippen LogP contribution is 2.38. The smallest absolute Gasteiger partial charge is 0.194 e. The van der Waals surface area contributed by atoms with Crippen LogP contribution in [0.3, 0.4) is 0 Å². The fourth-order valence-corrected chi connectivity index (χ4v) is 3.74. The molecule has 0 aromatic heterocycles. The minimum atomic E-state index is 0.323. The molecule has 0 aliphatic carbocycles. The predicted octanol–water partition coefficient (Wildman–Crippen LogP) is 2.93. The van der Waals surface area contributed by atoms with Crippen molar-refractivity contribution in [1.29, 1.82) is 0 Å². The first kappa shape index (κ1) is 17.4. The van der Waals surface area contributed by atoms with E-state index in [0.29, 0.717) is 17.0 Å². The molecule has 1 unspecified atom stereocenters. The summed E-state index contributed by atoms with van der Waals surface area (Å²) in [4.78, 5) is 7.18. The van der Waals surface area contributed by atoms with E-state index in [0.717, 1.165) is 56.5 Å². The number of halogens is 1. The lowest BCUT2D eigenvalue weighted by Gasteiger charge is -2.25. The Kier molecular flexibility index (Phi) is 5.51. The molecule has 1 spiro atoms. The predicted molar refractivity (Wildman–Crippen MR) is 96.9 cm³/mol. The Morgan fingerprint density at radius 2 is 2.33 bits per heavy atom. The molecule has 2 aliphatic rings. The second-order valence-corrected chi connectivity index (χ2v) is 7.04. The maximum Gasteiger partial charge on any atom is 0.194 e. The number of aliphatic imine (C=N–C) groups is 1. The number of methoxy groups -OCH3 is 1. The van der Waals surface area contributed by atoms with E-state index < -0.39 is 0 Å². The number of likely N-dealkylation sites (tertiary alicyclic amines) is 1. The van der Waals surface area contributed by atoms with E-state index in [1.807, 2.05) is 18.2 Å². The number of nitrogens with one attached hydrogen (secondary N) is 1. The molecule has 1 aromatic rings. The lowest BCUT2D eigenvalue weighted by molar-refractivity contribution is 0.156. The SMILES string of the molecule is CCNC(=NCc1cc(Cl)ccc1OC)N1CCC2(CCOC2)C1. The normalized spacial score (nSPS) is 24.0. The van der Waals surface area contributed by atoms with E-state index in [4.69, 9.17) is 26.1 Å². The third-order valence-corrected chi connectivity index (χ3v) is 5.13. The highest BCUT2D eigenvalue weighted by atomic mass is 35.5. The van der Waals surface area contributed by atoms with Gasteiger partial charge in [-0.15, -0.1) is 0 Å². The molecule has 0 amide bonds. The molecule has 3 rings (SSSR count). The number of ether oxygens (including phenoxy) is 2. The van der Waals surface area contributed by atoms with Crippen LogP contribution in [0.5, 0.6) is 5.75 Å². The molecule has 1 aromatic carbocycles. The van der Waals surface area contributed by atoms with Crippen LogP contribution in [0.2, 0.25) is 5.02 Å². The van der Waals surface area contributed by atoms with Crippen molar-refractivity contribution in [2.45, 2.75) is 26.3 Å². The first-order chi connectivity index (χ1) is 11.7. The molecule has 5 nitrogen and oxygen atoms in total. The second kappa shape index (κ2) is 7.62. The Labute approximate surface area is 149 Å². The molecular weight excluding hydrogens is 326 g/mol. The summed E-state index contributed by atoms with van der Waals surface area (Å²) in [6.07, 6.45) is 2.34. The van der Waals surface area contributed by atoms with Crippen molar-refractivity contribution < 1.29 is 9.47 Å². The lowest BCUT2D eigenvalue weighted by Crippen LogP contribution is -2.41. The first-order valence-electron chi connectivity index (χ1n) is 8.59. The van der Waals surface area contributed by atoms with Crippen molar-refractivity contribution >= 4 is 17.6 Å². The highest BCUT2D eigenvalue weighted by molar-refractivity contribution is 6.30. The van der Waals surface area contributed by atoms with Crippen LogP contribution in [0.25, 0.3) is 0 Å². The number of guanidine groups is 1. The van der Waals surface area contributed by atoms with Crippen LogP contribution in [0, 0.1) is 5.41 Å². The maximum atomic E-state index is 6.12. The Balaban J connectivity index is 1.74. The van der Waals surface area contributed by atoms with Gasteiger partial charge in [-0.05, 0) is 38.0 Å². The molecule has 1 atom stereocenters. The third-order valence-electron chi connectivity index (χ3n) is 4.90. The zero-order valence-electron chi connectivity index (χ0n) is 14.5. The van der Waals surface area contributed by atoms with E-state index >= 15 is 0 Å². The maximum absolute atomic E-state index is 6.12. The molecule has 2 fully saturated rings. The molecule has 0 bridgehead atoms. The molecular formula is C18H26ClN3O2. The highest BCUT2D eigenvalue weighted by Gasteiger charge is 2.42. The molecule has 2 saturated heterocycles. The quantitative estimate of drug-likeness (QED) is 0.669. The molecule has 0 saturated carbocycles. The van der Waals surface area contributed by atoms with Crippen LogP contribution in [0.4, 0.5) is 0 Å². The average Bonchev–Trinajstić information content (AvgIpc) is 3.22. The molecule has 24 heavy (non-hydrogen) atoms. The van der Waals surface area contributed by atoms with Crippen LogP contribution < -0.4 is 10.1 Å². The first-order valence-corrected chi connectivity index (χ1v) is 8.97. The standard InChI is InChI=1S/C18H26ClN3O2/c1-3-20-17(22-8-6-18(12-22)7-9-24-13-18)21-11-14-10-15(19)4-5-16(14)23-2/h4-5,10H,3,6-9,11-13H2,1-2H3,(H,20,21). The van der Waals surface area contributed by atoms with Crippen LogP contribution in [-0.4, -0.2) is 50.8 Å². The van der Waals surface area contributed by atoms with Gasteiger partial charge in [0.25, 0.3) is 0 Å². The largest absolute Gasteiger partial charge is 0.496 e. The van der Waals surface area contributed by atoms with Gasteiger partial charge in [0.05, 0.1) is 20.3 Å². The van der Waals surface area contributed by atoms with E-state index in [9.17, 15) is 0 Å². The van der Waals surface area contributed by atoms with Crippen molar-refractivity contribution in [1.82, 2.24) is 10.2 Å². The van der Waals surface area contributed by atoms with Crippen LogP contribution in [0.15, 0.2) is 23.2 Å². The molecule has 1 N–H and O–H groups in total. The van der Waals surface area contributed by atoms with Crippen LogP contribution in [0.1, 0.15) is 25.3 Å². The average molecular weight is 352 g/mol. The summed E-state index contributed by atoms with van der Waals surface area (Å²) in [6, 6.07) is 5.65. The summed E-state index contributed by atoms with van der Waals surface area (Å²) in [6.45, 7) is 7.32. The topological polar surface area (TPSA) is 46.1 Å². The Bertz CT molecular complexity index is 600. The van der Waals surface area contributed by atoms with Crippen LogP contribution in [-0.2, 0) is 11.3 Å². The number of nitrogens with zero attached hydrogens (tertiary/aromatic N) is 2. The fraction of sp³-hybridized carbons (Fsp3) is 0.611. The Morgan fingerprint density at radius 1 is 1.46 bits per heavy atom. The van der Waals surface area contributed by atoms with Crippen molar-refractivity contribution in [3.05, 3.63) is 28.8 Å². The number of hydrogen-bond acceptors (Lipinski definition) is 3. The molecule has 2 heterocycles. The van der Waals surface area contributed by atoms with E-state index in [2.05, 4.69) is 17.1 Å². The van der Waals surface area contributed by atoms with E-state index in [-0.39, 0.29) is 0 Å². The van der Waals surface area contributed by atoms with Gasteiger partial charge in [0.2, 0.25) is 0 Å². The van der Waals surface area contributed by atoms with Crippen molar-refractivity contribution in [3.63, 3.8) is 0 Å². The van der Waals surface area contributed by atoms with Crippen molar-refractivity contribution in [3.8, 4) is 5.75 Å². The summed E-state index contributed by atoms with van der Waals surface area (Å²) in [7, 11) is 1.67. The summed E-state index contributed by atoms with van der Waals surface area (Å²) >= 11 is 6.12. The summed E-state index contributed by atoms with van der Waals surface area (Å²) < 4.78 is 11.0. The third kappa shape index (κ3) is 3.78. The van der Waals surface area contributed by atoms with Gasteiger partial charge in [0, 0.05) is 42.2 Å². The molecule has 6 heteroatoms. The van der Waals surface area contributed by atoms with Gasteiger partial charge in [0.1, 0.15) is 5.75 Å². The number of hydrogen-bond donors (Lipinski definition) is 1. The summed E-state index contributed by atoms with van der Waals surface area (Å²) in [5.41, 5.74) is 1.32. The Morgan fingerprint density at radius 3 is 3.04 bits per heavy atom. The zero-order valence-corrected chi connectivity index (χ0v) is 15.2. The molecule has 132 valence electrons. The van der Waals surface area contributed by atoms with Gasteiger partial charge in [0.15, 0.2) is 5.96 Å². The van der Waals surface area contributed by atoms with Gasteiger partial charge < -0.3 is 19.7 Å². The number of benzene rings is 1. The summed E-state index contributed by atoms with van der Waals surface area (Å²) in [5, 5.41) is 4.12. The van der Waals surface area contributed by atoms with Crippen molar-refractivity contribution in [2.75, 3.05) is 40.0 Å². The van der Waals surface area contributed by atoms with E-state index in [1.54, 1.807) is 7.11 Å². The summed E-state index contributed by atoms with van der Waals surface area (Å²) in [5.74, 6) is 1.78. The van der Waals surface area contributed by atoms with Gasteiger partial charge >= 0.3 is 0 Å². The van der Waals surface area contributed by atoms with Crippen LogP contribution >= 0.6 is 11.6 Å². The van der Waals surface area contributed by atoms with Gasteiger partial charge in [-0.2, -0.15) is 0 Å². The Hall–Kier alpha value is -1.46. The molecule has 0 radical (unpaired) electrons.